The molecule has 3 aromatic heterocycles. The van der Waals surface area contributed by atoms with Gasteiger partial charge in [0.05, 0.1) is 21.7 Å². The molecular formula is C24H27ClN6O3. The number of amides is 1. The summed E-state index contributed by atoms with van der Waals surface area (Å²) >= 11 is 6.48. The Morgan fingerprint density at radius 2 is 2.15 bits per heavy atom. The number of aryl methyl sites for hydroxylation is 1. The Hall–Kier alpha value is -3.01. The Labute approximate surface area is 202 Å². The smallest absolute Gasteiger partial charge is 0.263 e. The average molecular weight is 483 g/mol. The summed E-state index contributed by atoms with van der Waals surface area (Å²) in [6.45, 7) is 4.48. The van der Waals surface area contributed by atoms with Crippen molar-refractivity contribution < 1.29 is 9.53 Å². The van der Waals surface area contributed by atoms with Crippen molar-refractivity contribution in [3.8, 4) is 5.75 Å². The molecule has 0 saturated carbocycles. The second-order valence-corrected chi connectivity index (χ2v) is 9.28. The van der Waals surface area contributed by atoms with Crippen LogP contribution in [0.4, 0.5) is 5.82 Å². The molecule has 10 heteroatoms. The summed E-state index contributed by atoms with van der Waals surface area (Å²) in [6.07, 6.45) is 3.56. The van der Waals surface area contributed by atoms with Crippen LogP contribution in [-0.4, -0.2) is 58.1 Å². The first-order valence-electron chi connectivity index (χ1n) is 11.5. The first kappa shape index (κ1) is 22.8. The summed E-state index contributed by atoms with van der Waals surface area (Å²) in [5, 5.41) is 6.84. The molecule has 0 aliphatic carbocycles. The van der Waals surface area contributed by atoms with Gasteiger partial charge in [-0.05, 0) is 55.6 Å². The quantitative estimate of drug-likeness (QED) is 0.531. The van der Waals surface area contributed by atoms with Gasteiger partial charge in [0.2, 0.25) is 0 Å². The van der Waals surface area contributed by atoms with Crippen LogP contribution in [0.25, 0.3) is 11.0 Å². The van der Waals surface area contributed by atoms with Crippen molar-refractivity contribution in [3.05, 3.63) is 57.1 Å². The fourth-order valence-corrected chi connectivity index (χ4v) is 4.93. The van der Waals surface area contributed by atoms with Gasteiger partial charge in [0.25, 0.3) is 11.5 Å². The van der Waals surface area contributed by atoms with Crippen molar-refractivity contribution in [1.82, 2.24) is 24.8 Å². The van der Waals surface area contributed by atoms with E-state index in [1.165, 1.54) is 6.07 Å². The Morgan fingerprint density at radius 3 is 3.03 bits per heavy atom. The summed E-state index contributed by atoms with van der Waals surface area (Å²) in [6, 6.07) is 7.06. The van der Waals surface area contributed by atoms with E-state index in [2.05, 4.69) is 25.5 Å². The van der Waals surface area contributed by atoms with Crippen molar-refractivity contribution in [3.63, 3.8) is 0 Å². The number of hydrogen-bond donors (Lipinski definition) is 2. The molecule has 34 heavy (non-hydrogen) atoms. The summed E-state index contributed by atoms with van der Waals surface area (Å²) in [5.74, 6) is 1.47. The molecule has 0 spiro atoms. The van der Waals surface area contributed by atoms with Gasteiger partial charge >= 0.3 is 0 Å². The zero-order valence-corrected chi connectivity index (χ0v) is 19.8. The highest BCUT2D eigenvalue weighted by Crippen LogP contribution is 2.26. The van der Waals surface area contributed by atoms with Crippen molar-refractivity contribution in [2.45, 2.75) is 19.4 Å². The van der Waals surface area contributed by atoms with Crippen molar-refractivity contribution in [2.24, 2.45) is 13.0 Å². The largest absolute Gasteiger partial charge is 0.480 e. The van der Waals surface area contributed by atoms with Crippen LogP contribution >= 0.6 is 11.6 Å². The van der Waals surface area contributed by atoms with Gasteiger partial charge in [-0.2, -0.15) is 0 Å². The van der Waals surface area contributed by atoms with Crippen LogP contribution in [0, 0.1) is 5.92 Å². The highest BCUT2D eigenvalue weighted by molar-refractivity contribution is 6.32. The molecule has 0 unspecified atom stereocenters. The number of nitrogens with one attached hydrogen (secondary N) is 2. The summed E-state index contributed by atoms with van der Waals surface area (Å²) in [4.78, 5) is 34.9. The summed E-state index contributed by atoms with van der Waals surface area (Å²) in [5.41, 5.74) is 3.38. The predicted octanol–water partition coefficient (Wildman–Crippen LogP) is 1.97. The maximum Gasteiger partial charge on any atom is 0.263 e. The van der Waals surface area contributed by atoms with E-state index in [1.807, 2.05) is 12.1 Å². The van der Waals surface area contributed by atoms with E-state index in [9.17, 15) is 9.59 Å². The third-order valence-electron chi connectivity index (χ3n) is 6.50. The van der Waals surface area contributed by atoms with Crippen LogP contribution in [0.1, 0.15) is 17.7 Å². The lowest BCUT2D eigenvalue weighted by atomic mass is 10.1. The standard InChI is InChI=1S/C24H27ClN6O3/c1-30-22(33)5-3-19-23(30)17(18(25)12-27-19)7-9-31-8-6-15(13-31)10-26-11-16-2-4-20-24(28-16)29-21(32)14-34-20/h2-5,12,15,26H,6-11,13-14H2,1H3,(H,28,29,32)/t15-/m0/s1. The molecule has 9 nitrogen and oxygen atoms in total. The Bertz CT molecular complexity index is 1290. The first-order chi connectivity index (χ1) is 16.5. The molecule has 5 heterocycles. The predicted molar refractivity (Wildman–Crippen MR) is 130 cm³/mol. The van der Waals surface area contributed by atoms with E-state index in [1.54, 1.807) is 23.9 Å². The van der Waals surface area contributed by atoms with E-state index < -0.39 is 0 Å². The number of rotatable bonds is 7. The molecule has 1 fully saturated rings. The molecule has 5 rings (SSSR count). The molecular weight excluding hydrogens is 456 g/mol. The number of carbonyl (C=O) groups excluding carboxylic acids is 1. The lowest BCUT2D eigenvalue weighted by Gasteiger charge is -2.19. The molecule has 0 bridgehead atoms. The number of nitrogens with zero attached hydrogens (tertiary/aromatic N) is 4. The van der Waals surface area contributed by atoms with Crippen LogP contribution in [-0.2, 0) is 24.8 Å². The number of halogens is 1. The number of ether oxygens (including phenoxy) is 1. The minimum Gasteiger partial charge on any atom is -0.480 e. The number of likely N-dealkylation sites (tertiary alicyclic amines) is 1. The topological polar surface area (TPSA) is 101 Å². The van der Waals surface area contributed by atoms with Gasteiger partial charge in [-0.25, -0.2) is 4.98 Å². The van der Waals surface area contributed by atoms with E-state index >= 15 is 0 Å². The van der Waals surface area contributed by atoms with Crippen molar-refractivity contribution >= 4 is 34.4 Å². The number of aromatic nitrogens is 3. The van der Waals surface area contributed by atoms with Gasteiger partial charge in [-0.1, -0.05) is 11.6 Å². The Kier molecular flexibility index (Phi) is 6.49. The molecule has 3 aromatic rings. The highest BCUT2D eigenvalue weighted by Gasteiger charge is 2.23. The van der Waals surface area contributed by atoms with Gasteiger partial charge in [0, 0.05) is 38.9 Å². The second kappa shape index (κ2) is 9.69. The molecule has 178 valence electrons. The number of carbonyl (C=O) groups is 1. The normalized spacial score (nSPS) is 18.1. The van der Waals surface area contributed by atoms with Gasteiger partial charge in [-0.15, -0.1) is 0 Å². The van der Waals surface area contributed by atoms with Crippen LogP contribution in [0.3, 0.4) is 0 Å². The third-order valence-corrected chi connectivity index (χ3v) is 6.83. The van der Waals surface area contributed by atoms with Gasteiger partial charge < -0.3 is 24.8 Å². The molecule has 2 aliphatic rings. The minimum atomic E-state index is -0.181. The van der Waals surface area contributed by atoms with E-state index in [0.29, 0.717) is 29.1 Å². The van der Waals surface area contributed by atoms with Crippen molar-refractivity contribution in [2.75, 3.05) is 38.1 Å². The van der Waals surface area contributed by atoms with E-state index in [0.717, 1.165) is 61.3 Å². The fraction of sp³-hybridized carbons (Fsp3) is 0.417. The third kappa shape index (κ3) is 4.77. The molecule has 2 aliphatic heterocycles. The van der Waals surface area contributed by atoms with Crippen LogP contribution in [0.2, 0.25) is 5.02 Å². The lowest BCUT2D eigenvalue weighted by molar-refractivity contribution is -0.118. The lowest BCUT2D eigenvalue weighted by Crippen LogP contribution is -2.29. The van der Waals surface area contributed by atoms with E-state index in [-0.39, 0.29) is 18.1 Å². The minimum absolute atomic E-state index is 0.0339. The molecule has 0 aromatic carbocycles. The average Bonchev–Trinajstić information content (AvgIpc) is 3.28. The zero-order chi connectivity index (χ0) is 23.7. The highest BCUT2D eigenvalue weighted by atomic mass is 35.5. The first-order valence-corrected chi connectivity index (χ1v) is 11.8. The maximum atomic E-state index is 12.1. The molecule has 1 amide bonds. The van der Waals surface area contributed by atoms with Crippen molar-refractivity contribution in [1.29, 1.82) is 0 Å². The SMILES string of the molecule is Cn1c(=O)ccc2ncc(Cl)c(CCN3CC[C@@H](CNCc4ccc5c(n4)NC(=O)CO5)C3)c21. The van der Waals surface area contributed by atoms with Gasteiger partial charge in [0.1, 0.15) is 0 Å². The number of anilines is 1. The molecule has 0 radical (unpaired) electrons. The Balaban J connectivity index is 1.14. The summed E-state index contributed by atoms with van der Waals surface area (Å²) in [7, 11) is 1.77. The molecule has 1 atom stereocenters. The van der Waals surface area contributed by atoms with Crippen LogP contribution in [0.15, 0.2) is 35.3 Å². The monoisotopic (exact) mass is 482 g/mol. The fourth-order valence-electron chi connectivity index (χ4n) is 4.70. The number of pyridine rings is 3. The molecule has 2 N–H and O–H groups in total. The van der Waals surface area contributed by atoms with Gasteiger partial charge in [0.15, 0.2) is 18.2 Å². The maximum absolute atomic E-state index is 12.1. The Morgan fingerprint density at radius 1 is 1.26 bits per heavy atom. The number of fused-ring (bicyclic) bond motifs is 2. The van der Waals surface area contributed by atoms with Crippen LogP contribution in [0.5, 0.6) is 5.75 Å². The van der Waals surface area contributed by atoms with E-state index in [4.69, 9.17) is 16.3 Å². The number of hydrogen-bond acceptors (Lipinski definition) is 7. The zero-order valence-electron chi connectivity index (χ0n) is 19.0. The second-order valence-electron chi connectivity index (χ2n) is 8.87. The van der Waals surface area contributed by atoms with Crippen LogP contribution < -0.4 is 20.9 Å². The summed E-state index contributed by atoms with van der Waals surface area (Å²) < 4.78 is 6.99. The molecule has 1 saturated heterocycles. The van der Waals surface area contributed by atoms with Gasteiger partial charge in [-0.3, -0.25) is 14.6 Å².